The molecule has 0 fully saturated rings. The zero-order valence-electron chi connectivity index (χ0n) is 25.1. The smallest absolute Gasteiger partial charge is 0.338 e. The fraction of sp³-hybridized carbons (Fsp3) is 0.265. The highest BCUT2D eigenvalue weighted by molar-refractivity contribution is 6.06. The number of carbonyl (C=O) groups is 2. The number of esters is 1. The third-order valence-electron chi connectivity index (χ3n) is 6.19. The molecule has 0 bridgehead atoms. The third kappa shape index (κ3) is 8.84. The second-order valence-electron chi connectivity index (χ2n) is 8.92. The number of nitrogens with zero attached hydrogens (tertiary/aromatic N) is 2. The maximum atomic E-state index is 13.2. The zero-order chi connectivity index (χ0) is 30.4. The molecule has 0 radical (unpaired) electrons. The molecule has 1 amide bonds. The van der Waals surface area contributed by atoms with Gasteiger partial charge in [-0.3, -0.25) is 4.79 Å². The Balaban J connectivity index is 0.00000287. The van der Waals surface area contributed by atoms with E-state index in [2.05, 4.69) is 22.8 Å². The van der Waals surface area contributed by atoms with Crippen molar-refractivity contribution in [1.29, 1.82) is 0 Å². The summed E-state index contributed by atoms with van der Waals surface area (Å²) in [4.78, 5) is 29.7. The van der Waals surface area contributed by atoms with Crippen LogP contribution in [0.4, 0.5) is 5.69 Å². The molecule has 0 unspecified atom stereocenters. The number of aromatic nitrogens is 1. The van der Waals surface area contributed by atoms with Crippen molar-refractivity contribution in [2.75, 3.05) is 26.1 Å². The van der Waals surface area contributed by atoms with E-state index in [0.29, 0.717) is 41.2 Å². The Kier molecular flexibility index (Phi) is 12.9. The van der Waals surface area contributed by atoms with E-state index in [-0.39, 0.29) is 5.91 Å². The Bertz CT molecular complexity index is 1480. The lowest BCUT2D eigenvalue weighted by molar-refractivity contribution is 0.0601. The summed E-state index contributed by atoms with van der Waals surface area (Å²) in [6.45, 7) is 12.0. The number of allylic oxidation sites excluding steroid dienone is 4. The Morgan fingerprint density at radius 3 is 2.41 bits per heavy atom. The minimum Gasteiger partial charge on any atom is -0.489 e. The summed E-state index contributed by atoms with van der Waals surface area (Å²) in [5.74, 6) is 0.000926. The van der Waals surface area contributed by atoms with Gasteiger partial charge >= 0.3 is 5.97 Å². The predicted octanol–water partition coefficient (Wildman–Crippen LogP) is 7.64. The van der Waals surface area contributed by atoms with Crippen LogP contribution in [0.3, 0.4) is 0 Å². The molecule has 0 saturated carbocycles. The Hall–Kier alpha value is -4.83. The SMILES string of the molecule is C=C/C=C\C=C(/C)COc1ccc(NC(=O)c2cc(-c3cc(CC#[N+]C)ccc3C(=O)OC)n(C)c2C)cc1.CC. The summed E-state index contributed by atoms with van der Waals surface area (Å²) in [7, 11) is 4.88. The Morgan fingerprint density at radius 2 is 1.78 bits per heavy atom. The van der Waals surface area contributed by atoms with Gasteiger partial charge in [0, 0.05) is 29.7 Å². The van der Waals surface area contributed by atoms with Crippen molar-refractivity contribution < 1.29 is 19.1 Å². The molecule has 0 saturated heterocycles. The molecular weight excluding hydrogens is 514 g/mol. The topological polar surface area (TPSA) is 73.9 Å². The molecule has 3 aromatic rings. The van der Waals surface area contributed by atoms with Crippen LogP contribution in [0.25, 0.3) is 16.1 Å². The van der Waals surface area contributed by atoms with Crippen LogP contribution in [-0.4, -0.2) is 37.2 Å². The largest absolute Gasteiger partial charge is 0.489 e. The lowest BCUT2D eigenvalue weighted by Crippen LogP contribution is -2.12. The third-order valence-corrected chi connectivity index (χ3v) is 6.19. The number of amides is 1. The van der Waals surface area contributed by atoms with Gasteiger partial charge in [0.1, 0.15) is 18.8 Å². The maximum absolute atomic E-state index is 13.2. The number of ether oxygens (including phenoxy) is 2. The van der Waals surface area contributed by atoms with Crippen molar-refractivity contribution in [3.63, 3.8) is 0 Å². The molecule has 1 N–H and O–H groups in total. The normalized spacial score (nSPS) is 10.7. The predicted molar refractivity (Wildman–Crippen MR) is 168 cm³/mol. The van der Waals surface area contributed by atoms with Crippen LogP contribution in [0.1, 0.15) is 52.7 Å². The van der Waals surface area contributed by atoms with Crippen LogP contribution in [0, 0.1) is 13.0 Å². The standard InChI is InChI=1S/C32H33N3O4.C2H6/c1-7-8-9-10-22(2)21-39-26-14-12-25(13-15-26)34-31(36)28-20-30(35(5)23(28)3)29-19-24(17-18-33-4)11-16-27(29)32(37)38-6;1-2/h7-16,19-20H,1,17,21H2,2-6H3;1-2H3/p+1/b9-8-,22-10+;. The van der Waals surface area contributed by atoms with E-state index in [1.807, 2.05) is 81.8 Å². The van der Waals surface area contributed by atoms with Gasteiger partial charge < -0.3 is 19.4 Å². The van der Waals surface area contributed by atoms with Crippen LogP contribution in [0.15, 0.2) is 85.0 Å². The molecule has 0 aliphatic rings. The van der Waals surface area contributed by atoms with Gasteiger partial charge in [0.2, 0.25) is 0 Å². The lowest BCUT2D eigenvalue weighted by Gasteiger charge is -2.11. The number of hydrogen-bond donors (Lipinski definition) is 1. The number of benzene rings is 2. The summed E-state index contributed by atoms with van der Waals surface area (Å²) in [5, 5.41) is 2.95. The van der Waals surface area contributed by atoms with Gasteiger partial charge in [-0.2, -0.15) is 0 Å². The fourth-order valence-corrected chi connectivity index (χ4v) is 3.94. The van der Waals surface area contributed by atoms with E-state index < -0.39 is 5.97 Å². The van der Waals surface area contributed by atoms with Gasteiger partial charge in [0.25, 0.3) is 19.0 Å². The quantitative estimate of drug-likeness (QED) is 0.206. The first-order valence-corrected chi connectivity index (χ1v) is 13.5. The average molecular weight is 555 g/mol. The molecule has 2 aromatic carbocycles. The van der Waals surface area contributed by atoms with Crippen LogP contribution in [0.5, 0.6) is 5.75 Å². The molecule has 41 heavy (non-hydrogen) atoms. The Morgan fingerprint density at radius 1 is 1.07 bits per heavy atom. The van der Waals surface area contributed by atoms with E-state index in [1.54, 1.807) is 37.4 Å². The van der Waals surface area contributed by atoms with E-state index >= 15 is 0 Å². The number of rotatable bonds is 10. The molecule has 7 heteroatoms. The molecule has 0 atom stereocenters. The van der Waals surface area contributed by atoms with Crippen LogP contribution in [-0.2, 0) is 18.2 Å². The molecule has 214 valence electrons. The lowest BCUT2D eigenvalue weighted by atomic mass is 9.99. The number of nitrogens with one attached hydrogen (secondary N) is 1. The van der Waals surface area contributed by atoms with Gasteiger partial charge in [0.15, 0.2) is 0 Å². The van der Waals surface area contributed by atoms with Crippen molar-refractivity contribution >= 4 is 17.6 Å². The molecule has 0 aliphatic carbocycles. The van der Waals surface area contributed by atoms with Gasteiger partial charge in [0.05, 0.1) is 18.2 Å². The molecule has 7 nitrogen and oxygen atoms in total. The highest BCUT2D eigenvalue weighted by atomic mass is 16.5. The number of hydrogen-bond acceptors (Lipinski definition) is 4. The monoisotopic (exact) mass is 554 g/mol. The van der Waals surface area contributed by atoms with Crippen molar-refractivity contribution in [2.24, 2.45) is 7.05 Å². The molecule has 0 aliphatic heterocycles. The number of carbonyl (C=O) groups excluding carboxylic acids is 2. The first-order valence-electron chi connectivity index (χ1n) is 13.5. The van der Waals surface area contributed by atoms with Crippen molar-refractivity contribution in [3.8, 4) is 23.1 Å². The highest BCUT2D eigenvalue weighted by Gasteiger charge is 2.21. The van der Waals surface area contributed by atoms with Crippen molar-refractivity contribution in [2.45, 2.75) is 34.1 Å². The van der Waals surface area contributed by atoms with E-state index in [4.69, 9.17) is 9.47 Å². The van der Waals surface area contributed by atoms with E-state index in [9.17, 15) is 9.59 Å². The minimum absolute atomic E-state index is 0.252. The summed E-state index contributed by atoms with van der Waals surface area (Å²) in [6.07, 6.45) is 7.96. The Labute approximate surface area is 243 Å². The van der Waals surface area contributed by atoms with Crippen LogP contribution in [0.2, 0.25) is 0 Å². The van der Waals surface area contributed by atoms with Gasteiger partial charge in [-0.1, -0.05) is 55.6 Å². The minimum atomic E-state index is -0.448. The zero-order valence-corrected chi connectivity index (χ0v) is 25.1. The van der Waals surface area contributed by atoms with Crippen LogP contribution >= 0.6 is 0 Å². The van der Waals surface area contributed by atoms with E-state index in [0.717, 1.165) is 22.5 Å². The number of anilines is 1. The van der Waals surface area contributed by atoms with Crippen molar-refractivity contribution in [1.82, 2.24) is 4.57 Å². The number of methoxy groups -OCH3 is 1. The molecule has 3 rings (SSSR count). The summed E-state index contributed by atoms with van der Waals surface area (Å²) in [6, 6.07) is 17.4. The van der Waals surface area contributed by atoms with Gasteiger partial charge in [-0.15, -0.1) is 0 Å². The summed E-state index contributed by atoms with van der Waals surface area (Å²) < 4.78 is 12.7. The first kappa shape index (κ1) is 32.4. The second-order valence-corrected chi connectivity index (χ2v) is 8.92. The summed E-state index contributed by atoms with van der Waals surface area (Å²) >= 11 is 0. The molecule has 1 heterocycles. The summed E-state index contributed by atoms with van der Waals surface area (Å²) in [5.41, 5.74) is 5.73. The highest BCUT2D eigenvalue weighted by Crippen LogP contribution is 2.30. The van der Waals surface area contributed by atoms with Gasteiger partial charge in [-0.25, -0.2) is 4.79 Å². The van der Waals surface area contributed by atoms with E-state index in [1.165, 1.54) is 7.11 Å². The molecule has 0 spiro atoms. The molecular formula is C34H40N3O4+. The maximum Gasteiger partial charge on any atom is 0.338 e. The van der Waals surface area contributed by atoms with Crippen LogP contribution < -0.4 is 10.1 Å². The first-order chi connectivity index (χ1) is 19.8. The molecule has 1 aromatic heterocycles. The fourth-order valence-electron chi connectivity index (χ4n) is 3.94. The second kappa shape index (κ2) is 16.3. The van der Waals surface area contributed by atoms with Crippen molar-refractivity contribution in [3.05, 3.63) is 112 Å². The van der Waals surface area contributed by atoms with Gasteiger partial charge in [-0.05, 0) is 67.4 Å². The average Bonchev–Trinajstić information content (AvgIpc) is 3.30.